The van der Waals surface area contributed by atoms with Crippen LogP contribution >= 0.6 is 0 Å². The lowest BCUT2D eigenvalue weighted by Crippen LogP contribution is -2.61. The van der Waals surface area contributed by atoms with Crippen LogP contribution < -0.4 is 5.32 Å². The highest BCUT2D eigenvalue weighted by molar-refractivity contribution is 5.92. The van der Waals surface area contributed by atoms with Gasteiger partial charge in [0.1, 0.15) is 16.9 Å². The van der Waals surface area contributed by atoms with Gasteiger partial charge < -0.3 is 24.1 Å². The molecular formula is C31H48N2O6. The Kier molecular flexibility index (Phi) is 10.4. The first-order valence-corrected chi connectivity index (χ1v) is 14.5. The zero-order chi connectivity index (χ0) is 28.8. The largest absolute Gasteiger partial charge is 0.468 e. The topological polar surface area (TPSA) is 98.1 Å². The molecule has 2 aliphatic heterocycles. The van der Waals surface area contributed by atoms with Crippen LogP contribution in [-0.4, -0.2) is 48.5 Å². The third-order valence-corrected chi connectivity index (χ3v) is 8.11. The number of hydrogen-bond acceptors (Lipinski definition) is 6. The number of carbonyl (C=O) groups is 3. The van der Waals surface area contributed by atoms with Crippen molar-refractivity contribution in [2.24, 2.45) is 16.7 Å². The summed E-state index contributed by atoms with van der Waals surface area (Å²) in [5.41, 5.74) is -0.705. The number of carbonyl (C=O) groups excluding carboxylic acids is 3. The van der Waals surface area contributed by atoms with Crippen molar-refractivity contribution in [2.45, 2.75) is 112 Å². The molecule has 2 amide bonds. The molecule has 0 saturated carbocycles. The highest BCUT2D eigenvalue weighted by atomic mass is 16.5. The third-order valence-electron chi connectivity index (χ3n) is 8.11. The molecule has 8 heteroatoms. The number of furan rings is 1. The van der Waals surface area contributed by atoms with Crippen LogP contribution in [0, 0.1) is 23.7 Å². The third kappa shape index (κ3) is 7.13. The highest BCUT2D eigenvalue weighted by Crippen LogP contribution is 2.51. The van der Waals surface area contributed by atoms with Crippen molar-refractivity contribution in [1.82, 2.24) is 10.2 Å². The number of unbranched alkanes of at least 4 members (excludes halogenated alkanes) is 5. The maximum absolute atomic E-state index is 14.0. The van der Waals surface area contributed by atoms with Gasteiger partial charge in [-0.15, -0.1) is 0 Å². The van der Waals surface area contributed by atoms with Gasteiger partial charge in [-0.1, -0.05) is 59.8 Å². The van der Waals surface area contributed by atoms with E-state index in [-0.39, 0.29) is 42.7 Å². The number of likely N-dealkylation sites (tertiary alicyclic amines) is 1. The lowest BCUT2D eigenvalue weighted by atomic mass is 9.65. The molecule has 0 bridgehead atoms. The zero-order valence-corrected chi connectivity index (χ0v) is 24.9. The average molecular weight is 545 g/mol. The Morgan fingerprint density at radius 1 is 1.15 bits per heavy atom. The minimum Gasteiger partial charge on any atom is -0.468 e. The second-order valence-corrected chi connectivity index (χ2v) is 12.2. The summed E-state index contributed by atoms with van der Waals surface area (Å²) in [4.78, 5) is 42.3. The summed E-state index contributed by atoms with van der Waals surface area (Å²) >= 11 is 0. The van der Waals surface area contributed by atoms with E-state index in [1.165, 1.54) is 26.4 Å². The quantitative estimate of drug-likeness (QED) is 0.269. The fraction of sp³-hybridized carbons (Fsp3) is 0.710. The minimum absolute atomic E-state index is 0.0209. The lowest BCUT2D eigenvalue weighted by molar-refractivity contribution is -0.180. The van der Waals surface area contributed by atoms with Crippen molar-refractivity contribution in [3.8, 4) is 0 Å². The monoisotopic (exact) mass is 544 g/mol. The Labute approximate surface area is 233 Å². The fourth-order valence-corrected chi connectivity index (χ4v) is 5.78. The molecule has 8 nitrogen and oxygen atoms in total. The van der Waals surface area contributed by atoms with E-state index in [0.717, 1.165) is 25.0 Å². The van der Waals surface area contributed by atoms with Gasteiger partial charge in [-0.3, -0.25) is 14.4 Å². The summed E-state index contributed by atoms with van der Waals surface area (Å²) in [6.45, 7) is 12.9. The Bertz CT molecular complexity index is 1040. The summed E-state index contributed by atoms with van der Waals surface area (Å²) in [6, 6.07) is 3.66. The number of ether oxygens (including phenoxy) is 2. The van der Waals surface area contributed by atoms with Gasteiger partial charge in [-0.25, -0.2) is 0 Å². The number of fused-ring (bicyclic) bond motifs is 1. The minimum atomic E-state index is -1.16. The summed E-state index contributed by atoms with van der Waals surface area (Å²) in [7, 11) is 1.37. The van der Waals surface area contributed by atoms with Gasteiger partial charge in [-0.2, -0.15) is 0 Å². The SMILES string of the molecule is CCCCCCCCN1C(=O)[C@@H](CC(=O)NCc2ccc(C)o2)C[C@@]2(C(=O)OC)C1=C[C@H](C(C)(C)C)O[C@@H]2C. The van der Waals surface area contributed by atoms with Gasteiger partial charge in [0.2, 0.25) is 11.8 Å². The molecule has 2 aliphatic rings. The summed E-state index contributed by atoms with van der Waals surface area (Å²) < 4.78 is 17.3. The lowest BCUT2D eigenvalue weighted by Gasteiger charge is -2.53. The molecule has 0 aromatic carbocycles. The molecular weight excluding hydrogens is 496 g/mol. The summed E-state index contributed by atoms with van der Waals surface area (Å²) in [5.74, 6) is -0.0423. The number of nitrogens with zero attached hydrogens (tertiary/aromatic N) is 1. The van der Waals surface area contributed by atoms with Crippen molar-refractivity contribution in [3.63, 3.8) is 0 Å². The van der Waals surface area contributed by atoms with Crippen LogP contribution in [0.5, 0.6) is 0 Å². The molecule has 1 aromatic rings. The smallest absolute Gasteiger partial charge is 0.320 e. The van der Waals surface area contributed by atoms with E-state index in [0.29, 0.717) is 18.0 Å². The fourth-order valence-electron chi connectivity index (χ4n) is 5.78. The van der Waals surface area contributed by atoms with Crippen LogP contribution in [0.3, 0.4) is 0 Å². The number of methoxy groups -OCH3 is 1. The summed E-state index contributed by atoms with van der Waals surface area (Å²) in [6.07, 6.45) is 7.82. The van der Waals surface area contributed by atoms with Crippen LogP contribution in [0.15, 0.2) is 28.3 Å². The summed E-state index contributed by atoms with van der Waals surface area (Å²) in [5, 5.41) is 2.87. The Hall–Kier alpha value is -2.61. The zero-order valence-electron chi connectivity index (χ0n) is 24.9. The van der Waals surface area contributed by atoms with Gasteiger partial charge in [0.25, 0.3) is 0 Å². The molecule has 1 saturated heterocycles. The number of esters is 1. The van der Waals surface area contributed by atoms with E-state index >= 15 is 0 Å². The Morgan fingerprint density at radius 3 is 2.46 bits per heavy atom. The van der Waals surface area contributed by atoms with E-state index in [1.54, 1.807) is 4.90 Å². The van der Waals surface area contributed by atoms with E-state index < -0.39 is 23.4 Å². The predicted octanol–water partition coefficient (Wildman–Crippen LogP) is 5.68. The van der Waals surface area contributed by atoms with Crippen molar-refractivity contribution in [3.05, 3.63) is 35.4 Å². The van der Waals surface area contributed by atoms with E-state index in [4.69, 9.17) is 13.9 Å². The molecule has 218 valence electrons. The van der Waals surface area contributed by atoms with Crippen molar-refractivity contribution in [2.75, 3.05) is 13.7 Å². The molecule has 3 rings (SSSR count). The molecule has 0 unspecified atom stereocenters. The standard InChI is InChI=1S/C31H48N2O6/c1-8-9-10-11-12-13-16-33-25-18-26(30(4,5)6)39-22(3)31(25,29(36)37-7)19-23(28(33)35)17-27(34)32-20-24-15-14-21(2)38-24/h14-15,18,22-23,26H,8-13,16-17,19-20H2,1-7H3,(H,32,34)/t22-,23+,26-,31+/m1/s1. The molecule has 0 aliphatic carbocycles. The van der Waals surface area contributed by atoms with Crippen LogP contribution in [0.25, 0.3) is 0 Å². The molecule has 3 heterocycles. The first-order chi connectivity index (χ1) is 18.4. The Morgan fingerprint density at radius 2 is 1.85 bits per heavy atom. The first-order valence-electron chi connectivity index (χ1n) is 14.5. The van der Waals surface area contributed by atoms with Crippen LogP contribution in [-0.2, 0) is 30.4 Å². The van der Waals surface area contributed by atoms with Gasteiger partial charge in [0.15, 0.2) is 0 Å². The molecule has 1 aromatic heterocycles. The number of piperidine rings is 1. The maximum Gasteiger partial charge on any atom is 0.320 e. The molecule has 0 radical (unpaired) electrons. The Balaban J connectivity index is 1.89. The number of aryl methyl sites for hydroxylation is 1. The van der Waals surface area contributed by atoms with Gasteiger partial charge in [0, 0.05) is 24.6 Å². The second kappa shape index (κ2) is 13.2. The molecule has 39 heavy (non-hydrogen) atoms. The van der Waals surface area contributed by atoms with Crippen LogP contribution in [0.1, 0.15) is 97.5 Å². The van der Waals surface area contributed by atoms with Gasteiger partial charge in [-0.05, 0) is 50.3 Å². The van der Waals surface area contributed by atoms with Crippen molar-refractivity contribution < 1.29 is 28.3 Å². The molecule has 1 fully saturated rings. The molecule has 0 spiro atoms. The van der Waals surface area contributed by atoms with Crippen LogP contribution in [0.4, 0.5) is 0 Å². The van der Waals surface area contributed by atoms with Gasteiger partial charge >= 0.3 is 5.97 Å². The van der Waals surface area contributed by atoms with E-state index in [1.807, 2.05) is 32.1 Å². The number of nitrogens with one attached hydrogen (secondary N) is 1. The van der Waals surface area contributed by atoms with Crippen molar-refractivity contribution >= 4 is 17.8 Å². The van der Waals surface area contributed by atoms with Crippen LogP contribution in [0.2, 0.25) is 0 Å². The normalized spacial score (nSPS) is 25.2. The highest BCUT2D eigenvalue weighted by Gasteiger charge is 2.60. The molecule has 1 N–H and O–H groups in total. The second-order valence-electron chi connectivity index (χ2n) is 12.2. The number of rotatable bonds is 12. The van der Waals surface area contributed by atoms with Crippen molar-refractivity contribution in [1.29, 1.82) is 0 Å². The first kappa shape index (κ1) is 30.9. The average Bonchev–Trinajstić information content (AvgIpc) is 3.30. The maximum atomic E-state index is 14.0. The molecule has 4 atom stereocenters. The van der Waals surface area contributed by atoms with E-state index in [2.05, 4.69) is 33.0 Å². The van der Waals surface area contributed by atoms with E-state index in [9.17, 15) is 14.4 Å². The number of hydrogen-bond donors (Lipinski definition) is 1. The van der Waals surface area contributed by atoms with Gasteiger partial charge in [0.05, 0.1) is 25.9 Å². The predicted molar refractivity (Wildman–Crippen MR) is 149 cm³/mol. The number of amides is 2.